The van der Waals surface area contributed by atoms with Gasteiger partial charge < -0.3 is 14.4 Å². The van der Waals surface area contributed by atoms with Crippen LogP contribution in [0.1, 0.15) is 29.0 Å². The molecule has 8 heteroatoms. The number of hydrazone groups is 1. The number of carbonyl (C=O) groups excluding carboxylic acids is 1. The number of hydrogen-bond donors (Lipinski definition) is 2. The van der Waals surface area contributed by atoms with E-state index in [0.717, 1.165) is 36.3 Å². The third-order valence-corrected chi connectivity index (χ3v) is 5.13. The van der Waals surface area contributed by atoms with E-state index in [4.69, 9.17) is 4.42 Å². The van der Waals surface area contributed by atoms with Crippen LogP contribution >= 0.6 is 38.5 Å². The highest BCUT2D eigenvalue weighted by Crippen LogP contribution is 2.31. The van der Waals surface area contributed by atoms with Crippen molar-refractivity contribution in [3.8, 4) is 5.75 Å². The normalized spacial score (nSPS) is 14.5. The van der Waals surface area contributed by atoms with Crippen molar-refractivity contribution < 1.29 is 14.3 Å². The van der Waals surface area contributed by atoms with Crippen molar-refractivity contribution >= 4 is 56.5 Å². The zero-order valence-electron chi connectivity index (χ0n) is 12.6. The lowest BCUT2D eigenvalue weighted by atomic mass is 10.2. The molecule has 0 radical (unpaired) electrons. The summed E-state index contributed by atoms with van der Waals surface area (Å²) in [5.41, 5.74) is 2.76. The number of carbonyl (C=O) groups is 1. The summed E-state index contributed by atoms with van der Waals surface area (Å²) in [5, 5.41) is 13.5. The van der Waals surface area contributed by atoms with Crippen LogP contribution in [-0.2, 0) is 0 Å². The van der Waals surface area contributed by atoms with Crippen molar-refractivity contribution in [2.24, 2.45) is 5.10 Å². The molecule has 2 N–H and O–H groups in total. The van der Waals surface area contributed by atoms with Gasteiger partial charge in [0.15, 0.2) is 5.76 Å². The average molecular weight is 504 g/mol. The lowest BCUT2D eigenvalue weighted by molar-refractivity contribution is 0.0954. The summed E-state index contributed by atoms with van der Waals surface area (Å²) in [6.07, 6.45) is 3.78. The summed E-state index contributed by atoms with van der Waals surface area (Å²) < 4.78 is 7.32. The third kappa shape index (κ3) is 3.92. The van der Waals surface area contributed by atoms with Gasteiger partial charge in [0, 0.05) is 24.7 Å². The molecule has 1 fully saturated rings. The molecular formula is C16H15BrIN3O3. The Morgan fingerprint density at radius 1 is 1.38 bits per heavy atom. The molecule has 1 aromatic heterocycles. The Morgan fingerprint density at radius 2 is 2.12 bits per heavy atom. The topological polar surface area (TPSA) is 78.1 Å². The lowest BCUT2D eigenvalue weighted by Crippen LogP contribution is -2.17. The fourth-order valence-corrected chi connectivity index (χ4v) is 3.34. The van der Waals surface area contributed by atoms with E-state index < -0.39 is 5.91 Å². The first-order valence-electron chi connectivity index (χ1n) is 7.41. The van der Waals surface area contributed by atoms with Gasteiger partial charge in [0.25, 0.3) is 5.91 Å². The number of nitrogens with one attached hydrogen (secondary N) is 1. The van der Waals surface area contributed by atoms with Gasteiger partial charge in [-0.05, 0) is 69.6 Å². The Kier molecular flexibility index (Phi) is 5.44. The van der Waals surface area contributed by atoms with E-state index in [-0.39, 0.29) is 5.75 Å². The van der Waals surface area contributed by atoms with Crippen molar-refractivity contribution in [1.82, 2.24) is 5.43 Å². The molecule has 0 atom stereocenters. The zero-order valence-corrected chi connectivity index (χ0v) is 16.4. The Bertz CT molecular complexity index is 785. The number of furan rings is 1. The van der Waals surface area contributed by atoms with Gasteiger partial charge in [-0.1, -0.05) is 0 Å². The van der Waals surface area contributed by atoms with E-state index >= 15 is 0 Å². The largest absolute Gasteiger partial charge is 0.507 e. The second kappa shape index (κ2) is 7.56. The van der Waals surface area contributed by atoms with Crippen LogP contribution in [-0.4, -0.2) is 30.3 Å². The maximum atomic E-state index is 12.0. The zero-order chi connectivity index (χ0) is 17.1. The molecule has 0 saturated carbocycles. The number of benzene rings is 1. The fourth-order valence-electron chi connectivity index (χ4n) is 2.45. The Hall–Kier alpha value is -1.55. The van der Waals surface area contributed by atoms with Crippen LogP contribution in [0.15, 0.2) is 38.3 Å². The lowest BCUT2D eigenvalue weighted by Gasteiger charge is -2.13. The van der Waals surface area contributed by atoms with Crippen LogP contribution in [0.25, 0.3) is 0 Å². The maximum absolute atomic E-state index is 12.0. The number of hydrogen-bond acceptors (Lipinski definition) is 5. The molecule has 126 valence electrons. The smallest absolute Gasteiger partial charge is 0.271 e. The Balaban J connectivity index is 1.64. The molecule has 0 spiro atoms. The molecule has 3 rings (SSSR count). The number of anilines is 1. The van der Waals surface area contributed by atoms with Gasteiger partial charge in [0.2, 0.25) is 5.88 Å². The first kappa shape index (κ1) is 17.3. The molecule has 1 aliphatic rings. The van der Waals surface area contributed by atoms with Crippen LogP contribution in [0.3, 0.4) is 0 Å². The quantitative estimate of drug-likeness (QED) is 0.378. The van der Waals surface area contributed by atoms with Gasteiger partial charge in [-0.2, -0.15) is 5.10 Å². The Labute approximate surface area is 161 Å². The number of aromatic hydroxyl groups is 1. The molecule has 0 aliphatic carbocycles. The number of nitrogens with zero attached hydrogens (tertiary/aromatic N) is 2. The molecule has 1 amide bonds. The highest BCUT2D eigenvalue weighted by molar-refractivity contribution is 14.1. The molecule has 2 heterocycles. The SMILES string of the molecule is O=C(N/N=C\c1cc(Br)c(N2CCCC2)o1)c1ccc(I)c(O)c1. The minimum absolute atomic E-state index is 0.0671. The predicted molar refractivity (Wildman–Crippen MR) is 104 cm³/mol. The van der Waals surface area contributed by atoms with Gasteiger partial charge >= 0.3 is 0 Å². The van der Waals surface area contributed by atoms with E-state index in [1.807, 2.05) is 28.7 Å². The molecular weight excluding hydrogens is 489 g/mol. The third-order valence-electron chi connectivity index (χ3n) is 3.65. The minimum atomic E-state index is -0.400. The number of halogens is 2. The van der Waals surface area contributed by atoms with E-state index in [9.17, 15) is 9.90 Å². The van der Waals surface area contributed by atoms with Crippen molar-refractivity contribution in [3.63, 3.8) is 0 Å². The minimum Gasteiger partial charge on any atom is -0.507 e. The highest BCUT2D eigenvalue weighted by Gasteiger charge is 2.19. The molecule has 1 aromatic carbocycles. The van der Waals surface area contributed by atoms with Gasteiger partial charge in [-0.25, -0.2) is 5.43 Å². The first-order valence-corrected chi connectivity index (χ1v) is 9.28. The van der Waals surface area contributed by atoms with Crippen LogP contribution in [0.5, 0.6) is 5.75 Å². The fraction of sp³-hybridized carbons (Fsp3) is 0.250. The summed E-state index contributed by atoms with van der Waals surface area (Å²) in [7, 11) is 0. The number of phenolic OH excluding ortho intramolecular Hbond substituents is 1. The van der Waals surface area contributed by atoms with E-state index in [1.54, 1.807) is 12.1 Å². The van der Waals surface area contributed by atoms with Crippen molar-refractivity contribution in [1.29, 1.82) is 0 Å². The summed E-state index contributed by atoms with van der Waals surface area (Å²) in [4.78, 5) is 14.2. The van der Waals surface area contributed by atoms with Gasteiger partial charge in [-0.3, -0.25) is 4.79 Å². The summed E-state index contributed by atoms with van der Waals surface area (Å²) in [5.74, 6) is 1.01. The Morgan fingerprint density at radius 3 is 2.83 bits per heavy atom. The molecule has 1 saturated heterocycles. The standard InChI is InChI=1S/C16H15BrIN3O3/c17-12-8-11(24-16(12)21-5-1-2-6-21)9-19-20-15(23)10-3-4-13(18)14(22)7-10/h3-4,7-9,22H,1-2,5-6H2,(H,20,23)/b19-9-. The van der Waals surface area contributed by atoms with E-state index in [0.29, 0.717) is 14.9 Å². The highest BCUT2D eigenvalue weighted by atomic mass is 127. The van der Waals surface area contributed by atoms with E-state index in [2.05, 4.69) is 31.4 Å². The van der Waals surface area contributed by atoms with Gasteiger partial charge in [0.05, 0.1) is 14.3 Å². The first-order chi connectivity index (χ1) is 11.5. The maximum Gasteiger partial charge on any atom is 0.271 e. The molecule has 24 heavy (non-hydrogen) atoms. The summed E-state index contributed by atoms with van der Waals surface area (Å²) >= 11 is 5.48. The van der Waals surface area contributed by atoms with Crippen LogP contribution in [0.2, 0.25) is 0 Å². The van der Waals surface area contributed by atoms with E-state index in [1.165, 1.54) is 12.3 Å². The molecule has 1 aliphatic heterocycles. The van der Waals surface area contributed by atoms with Crippen LogP contribution in [0, 0.1) is 3.57 Å². The van der Waals surface area contributed by atoms with Gasteiger partial charge in [-0.15, -0.1) is 0 Å². The number of amides is 1. The second-order valence-corrected chi connectivity index (χ2v) is 7.38. The number of phenols is 1. The van der Waals surface area contributed by atoms with Crippen LogP contribution in [0.4, 0.5) is 5.88 Å². The number of rotatable bonds is 4. The van der Waals surface area contributed by atoms with Gasteiger partial charge in [0.1, 0.15) is 5.75 Å². The molecule has 0 bridgehead atoms. The van der Waals surface area contributed by atoms with Crippen molar-refractivity contribution in [3.05, 3.63) is 43.6 Å². The molecule has 2 aromatic rings. The van der Waals surface area contributed by atoms with Crippen molar-refractivity contribution in [2.75, 3.05) is 18.0 Å². The second-order valence-electron chi connectivity index (χ2n) is 5.36. The predicted octanol–water partition coefficient (Wildman–Crippen LogP) is 3.72. The average Bonchev–Trinajstić information content (AvgIpc) is 3.19. The van der Waals surface area contributed by atoms with Crippen LogP contribution < -0.4 is 10.3 Å². The van der Waals surface area contributed by atoms with Crippen molar-refractivity contribution in [2.45, 2.75) is 12.8 Å². The molecule has 6 nitrogen and oxygen atoms in total. The molecule has 0 unspecified atom stereocenters. The summed E-state index contributed by atoms with van der Waals surface area (Å²) in [6, 6.07) is 6.52. The monoisotopic (exact) mass is 503 g/mol. The summed E-state index contributed by atoms with van der Waals surface area (Å²) in [6.45, 7) is 1.96.